The molecule has 0 saturated carbocycles. The van der Waals surface area contributed by atoms with Crippen LogP contribution in [0.4, 0.5) is 5.69 Å². The number of nitro benzene ring substituents is 1. The van der Waals surface area contributed by atoms with E-state index in [-0.39, 0.29) is 5.69 Å². The predicted molar refractivity (Wildman–Crippen MR) is 96.6 cm³/mol. The van der Waals surface area contributed by atoms with Gasteiger partial charge in [0.15, 0.2) is 5.96 Å². The van der Waals surface area contributed by atoms with E-state index in [9.17, 15) is 10.1 Å². The summed E-state index contributed by atoms with van der Waals surface area (Å²) in [4.78, 5) is 20.3. The van der Waals surface area contributed by atoms with Crippen LogP contribution in [0.2, 0.25) is 0 Å². The van der Waals surface area contributed by atoms with E-state index in [4.69, 9.17) is 0 Å². The van der Waals surface area contributed by atoms with Crippen LogP contribution >= 0.6 is 11.3 Å². The smallest absolute Gasteiger partial charge is 0.269 e. The zero-order valence-electron chi connectivity index (χ0n) is 14.0. The Kier molecular flexibility index (Phi) is 6.25. The minimum Gasteiger partial charge on any atom is -0.356 e. The predicted octanol–water partition coefficient (Wildman–Crippen LogP) is 2.58. The Bertz CT molecular complexity index is 722. The average molecular weight is 347 g/mol. The zero-order chi connectivity index (χ0) is 17.5. The summed E-state index contributed by atoms with van der Waals surface area (Å²) in [7, 11) is 1.69. The molecular weight excluding hydrogens is 326 g/mol. The number of aromatic nitrogens is 1. The second-order valence-corrected chi connectivity index (χ2v) is 6.57. The maximum absolute atomic E-state index is 10.8. The number of hydrogen-bond acceptors (Lipinski definition) is 5. The summed E-state index contributed by atoms with van der Waals surface area (Å²) in [5.41, 5.74) is 2.01. The number of non-ortho nitro benzene ring substituents is 1. The fourth-order valence-electron chi connectivity index (χ4n) is 2.12. The quantitative estimate of drug-likeness (QED) is 0.363. The highest BCUT2D eigenvalue weighted by molar-refractivity contribution is 7.11. The first-order valence-electron chi connectivity index (χ1n) is 7.60. The van der Waals surface area contributed by atoms with Crippen LogP contribution in [0.25, 0.3) is 0 Å². The van der Waals surface area contributed by atoms with Crippen LogP contribution in [0, 0.1) is 24.0 Å². The minimum absolute atomic E-state index is 0.0896. The molecule has 1 heterocycles. The van der Waals surface area contributed by atoms with Gasteiger partial charge in [-0.1, -0.05) is 12.1 Å². The van der Waals surface area contributed by atoms with Gasteiger partial charge in [-0.15, -0.1) is 11.3 Å². The normalized spacial score (nSPS) is 11.4. The van der Waals surface area contributed by atoms with Gasteiger partial charge >= 0.3 is 0 Å². The van der Waals surface area contributed by atoms with Gasteiger partial charge in [-0.25, -0.2) is 4.98 Å². The number of nitro groups is 1. The Balaban J connectivity index is 1.82. The van der Waals surface area contributed by atoms with Crippen molar-refractivity contribution in [3.05, 3.63) is 55.5 Å². The van der Waals surface area contributed by atoms with E-state index in [1.807, 2.05) is 13.0 Å². The maximum atomic E-state index is 10.8. The molecule has 0 bridgehead atoms. The zero-order valence-corrected chi connectivity index (χ0v) is 14.8. The van der Waals surface area contributed by atoms with Crippen LogP contribution in [-0.4, -0.2) is 29.5 Å². The van der Waals surface area contributed by atoms with Crippen molar-refractivity contribution in [3.63, 3.8) is 0 Å². The molecule has 2 rings (SSSR count). The molecule has 24 heavy (non-hydrogen) atoms. The van der Waals surface area contributed by atoms with Gasteiger partial charge in [-0.3, -0.25) is 15.1 Å². The molecule has 0 amide bonds. The lowest BCUT2D eigenvalue weighted by Crippen LogP contribution is -2.37. The maximum Gasteiger partial charge on any atom is 0.269 e. The molecule has 0 radical (unpaired) electrons. The molecular formula is C16H21N5O2S. The Hall–Kier alpha value is -2.48. The topological polar surface area (TPSA) is 92.5 Å². The van der Waals surface area contributed by atoms with Gasteiger partial charge < -0.3 is 10.6 Å². The molecule has 0 aliphatic carbocycles. The Morgan fingerprint density at radius 2 is 2.17 bits per heavy atom. The first kappa shape index (κ1) is 17.9. The SMILES string of the molecule is CN=C(NCCc1nc(C)c(C)s1)NCc1cccc([N+](=O)[O-])c1. The number of benzene rings is 1. The van der Waals surface area contributed by atoms with E-state index in [1.54, 1.807) is 30.5 Å². The van der Waals surface area contributed by atoms with Gasteiger partial charge in [0.1, 0.15) is 0 Å². The molecule has 0 spiro atoms. The molecule has 1 aromatic carbocycles. The summed E-state index contributed by atoms with van der Waals surface area (Å²) in [6, 6.07) is 6.56. The van der Waals surface area contributed by atoms with Crippen LogP contribution < -0.4 is 10.6 Å². The summed E-state index contributed by atoms with van der Waals surface area (Å²) in [6.45, 7) is 5.28. The highest BCUT2D eigenvalue weighted by Crippen LogP contribution is 2.16. The molecule has 0 saturated heterocycles. The van der Waals surface area contributed by atoms with Gasteiger partial charge in [0.05, 0.1) is 15.6 Å². The first-order chi connectivity index (χ1) is 11.5. The molecule has 0 fully saturated rings. The van der Waals surface area contributed by atoms with Crippen molar-refractivity contribution in [2.45, 2.75) is 26.8 Å². The van der Waals surface area contributed by atoms with E-state index in [1.165, 1.54) is 10.9 Å². The number of aliphatic imine (C=N–C) groups is 1. The Labute approximate surface area is 145 Å². The third-order valence-corrected chi connectivity index (χ3v) is 4.64. The number of guanidine groups is 1. The molecule has 8 heteroatoms. The summed E-state index contributed by atoms with van der Waals surface area (Å²) >= 11 is 1.71. The third kappa shape index (κ3) is 5.02. The van der Waals surface area contributed by atoms with Crippen molar-refractivity contribution in [3.8, 4) is 0 Å². The molecule has 2 N–H and O–H groups in total. The second kappa shape index (κ2) is 8.39. The van der Waals surface area contributed by atoms with Crippen molar-refractivity contribution in [2.75, 3.05) is 13.6 Å². The Morgan fingerprint density at radius 3 is 2.79 bits per heavy atom. The van der Waals surface area contributed by atoms with E-state index in [0.29, 0.717) is 12.5 Å². The van der Waals surface area contributed by atoms with Gasteiger partial charge in [-0.2, -0.15) is 0 Å². The van der Waals surface area contributed by atoms with Crippen molar-refractivity contribution in [1.82, 2.24) is 15.6 Å². The summed E-state index contributed by atoms with van der Waals surface area (Å²) in [6.07, 6.45) is 0.830. The van der Waals surface area contributed by atoms with Crippen LogP contribution in [0.5, 0.6) is 0 Å². The molecule has 0 aliphatic heterocycles. The van der Waals surface area contributed by atoms with Gasteiger partial charge in [0.2, 0.25) is 0 Å². The number of aryl methyl sites for hydroxylation is 2. The third-order valence-electron chi connectivity index (χ3n) is 3.51. The van der Waals surface area contributed by atoms with E-state index >= 15 is 0 Å². The number of thiazole rings is 1. The average Bonchev–Trinajstić information content (AvgIpc) is 2.89. The monoisotopic (exact) mass is 347 g/mol. The van der Waals surface area contributed by atoms with Crippen LogP contribution in [0.3, 0.4) is 0 Å². The van der Waals surface area contributed by atoms with Crippen molar-refractivity contribution in [1.29, 1.82) is 0 Å². The van der Waals surface area contributed by atoms with Crippen LogP contribution in [-0.2, 0) is 13.0 Å². The van der Waals surface area contributed by atoms with Crippen LogP contribution in [0.1, 0.15) is 21.1 Å². The first-order valence-corrected chi connectivity index (χ1v) is 8.42. The number of hydrogen-bond donors (Lipinski definition) is 2. The summed E-state index contributed by atoms with van der Waals surface area (Å²) in [5, 5.41) is 18.3. The molecule has 128 valence electrons. The fourth-order valence-corrected chi connectivity index (χ4v) is 3.05. The van der Waals surface area contributed by atoms with Crippen molar-refractivity contribution < 1.29 is 4.92 Å². The highest BCUT2D eigenvalue weighted by atomic mass is 32.1. The van der Waals surface area contributed by atoms with Gasteiger partial charge in [-0.05, 0) is 19.4 Å². The van der Waals surface area contributed by atoms with E-state index in [0.717, 1.165) is 29.2 Å². The van der Waals surface area contributed by atoms with Gasteiger partial charge in [0, 0.05) is 43.6 Å². The standard InChI is InChI=1S/C16H21N5O2S/c1-11-12(2)24-15(20-11)7-8-18-16(17-3)19-10-13-5-4-6-14(9-13)21(22)23/h4-6,9H,7-8,10H2,1-3H3,(H2,17,18,19). The van der Waals surface area contributed by atoms with Crippen molar-refractivity contribution in [2.24, 2.45) is 4.99 Å². The molecule has 0 aliphatic rings. The number of rotatable bonds is 6. The van der Waals surface area contributed by atoms with Crippen LogP contribution in [0.15, 0.2) is 29.3 Å². The van der Waals surface area contributed by atoms with E-state index < -0.39 is 4.92 Å². The number of nitrogens with one attached hydrogen (secondary N) is 2. The molecule has 2 aromatic rings. The summed E-state index contributed by atoms with van der Waals surface area (Å²) < 4.78 is 0. The lowest BCUT2D eigenvalue weighted by molar-refractivity contribution is -0.384. The highest BCUT2D eigenvalue weighted by Gasteiger charge is 2.07. The molecule has 0 atom stereocenters. The van der Waals surface area contributed by atoms with Gasteiger partial charge in [0.25, 0.3) is 5.69 Å². The minimum atomic E-state index is -0.394. The Morgan fingerprint density at radius 1 is 1.38 bits per heavy atom. The lowest BCUT2D eigenvalue weighted by atomic mass is 10.2. The molecule has 0 unspecified atom stereocenters. The van der Waals surface area contributed by atoms with Crippen molar-refractivity contribution >= 4 is 23.0 Å². The molecule has 1 aromatic heterocycles. The van der Waals surface area contributed by atoms with E-state index in [2.05, 4.69) is 27.5 Å². The largest absolute Gasteiger partial charge is 0.356 e. The number of nitrogens with zero attached hydrogens (tertiary/aromatic N) is 3. The lowest BCUT2D eigenvalue weighted by Gasteiger charge is -2.11. The second-order valence-electron chi connectivity index (χ2n) is 5.28. The molecule has 7 nitrogen and oxygen atoms in total. The summed E-state index contributed by atoms with van der Waals surface area (Å²) in [5.74, 6) is 0.659. The fraction of sp³-hybridized carbons (Fsp3) is 0.375.